The van der Waals surface area contributed by atoms with E-state index in [0.29, 0.717) is 11.7 Å². The lowest BCUT2D eigenvalue weighted by Gasteiger charge is -2.08. The number of hydrogen-bond donors (Lipinski definition) is 1. The largest absolute Gasteiger partial charge is 0.320 e. The van der Waals surface area contributed by atoms with Crippen LogP contribution in [0.5, 0.6) is 0 Å². The molecule has 0 aliphatic carbocycles. The predicted octanol–water partition coefficient (Wildman–Crippen LogP) is 4.54. The Bertz CT molecular complexity index is 1040. The Kier molecular flexibility index (Phi) is 6.65. The van der Waals surface area contributed by atoms with Crippen LogP contribution in [-0.2, 0) is 17.8 Å². The van der Waals surface area contributed by atoms with E-state index in [1.54, 1.807) is 23.5 Å². The van der Waals surface area contributed by atoms with Crippen molar-refractivity contribution in [1.82, 2.24) is 14.8 Å². The topological polar surface area (TPSA) is 103 Å². The Labute approximate surface area is 176 Å². The average Bonchev–Trinajstić information content (AvgIpc) is 3.28. The second kappa shape index (κ2) is 9.19. The Morgan fingerprint density at radius 1 is 1.31 bits per heavy atom. The van der Waals surface area contributed by atoms with Crippen molar-refractivity contribution in [2.75, 3.05) is 11.1 Å². The fourth-order valence-electron chi connectivity index (χ4n) is 3.04. The average molecular weight is 432 g/mol. The second-order valence-electron chi connectivity index (χ2n) is 6.20. The van der Waals surface area contributed by atoms with E-state index in [4.69, 9.17) is 0 Å². The van der Waals surface area contributed by atoms with E-state index in [1.807, 2.05) is 11.5 Å². The number of thioether (sulfide) groups is 1. The monoisotopic (exact) mass is 431 g/mol. The molecular weight excluding hydrogens is 410 g/mol. The van der Waals surface area contributed by atoms with Crippen LogP contribution in [0.2, 0.25) is 0 Å². The Morgan fingerprint density at radius 2 is 2.07 bits per heavy atom. The maximum Gasteiger partial charge on any atom is 0.292 e. The highest BCUT2D eigenvalue weighted by Crippen LogP contribution is 2.32. The molecule has 3 rings (SSSR count). The summed E-state index contributed by atoms with van der Waals surface area (Å²) in [6, 6.07) is 6.07. The van der Waals surface area contributed by atoms with Gasteiger partial charge in [0, 0.05) is 28.4 Å². The zero-order chi connectivity index (χ0) is 21.0. The minimum Gasteiger partial charge on any atom is -0.320 e. The number of carbonyl (C=O) groups excluding carboxylic acids is 1. The van der Waals surface area contributed by atoms with Crippen molar-refractivity contribution in [2.24, 2.45) is 0 Å². The van der Waals surface area contributed by atoms with Gasteiger partial charge < -0.3 is 9.88 Å². The van der Waals surface area contributed by atoms with E-state index in [0.717, 1.165) is 17.8 Å². The third kappa shape index (κ3) is 4.48. The summed E-state index contributed by atoms with van der Waals surface area (Å²) in [7, 11) is 0. The summed E-state index contributed by atoms with van der Waals surface area (Å²) in [5, 5.41) is 25.1. The molecule has 1 amide bonds. The van der Waals surface area contributed by atoms with Crippen LogP contribution in [0.25, 0.3) is 11.4 Å². The molecule has 2 heterocycles. The molecule has 8 nitrogen and oxygen atoms in total. The van der Waals surface area contributed by atoms with Crippen molar-refractivity contribution in [3.05, 3.63) is 50.2 Å². The van der Waals surface area contributed by atoms with Crippen molar-refractivity contribution in [3.63, 3.8) is 0 Å². The number of rotatable bonds is 8. The fourth-order valence-corrected chi connectivity index (χ4v) is 4.78. The minimum atomic E-state index is -0.517. The van der Waals surface area contributed by atoms with Gasteiger partial charge in [0.25, 0.3) is 5.69 Å². The molecule has 2 aromatic heterocycles. The van der Waals surface area contributed by atoms with Gasteiger partial charge in [-0.25, -0.2) is 0 Å². The lowest BCUT2D eigenvalue weighted by Crippen LogP contribution is -2.15. The molecule has 0 radical (unpaired) electrons. The molecule has 0 fully saturated rings. The molecule has 1 N–H and O–H groups in total. The molecule has 0 unspecified atom stereocenters. The van der Waals surface area contributed by atoms with Gasteiger partial charge in [-0.15, -0.1) is 21.5 Å². The van der Waals surface area contributed by atoms with E-state index >= 15 is 0 Å². The van der Waals surface area contributed by atoms with Gasteiger partial charge in [-0.3, -0.25) is 14.9 Å². The van der Waals surface area contributed by atoms with Crippen LogP contribution in [0.1, 0.15) is 24.3 Å². The second-order valence-corrected chi connectivity index (χ2v) is 8.23. The van der Waals surface area contributed by atoms with Crippen LogP contribution in [0.4, 0.5) is 11.4 Å². The third-order valence-corrected chi connectivity index (χ3v) is 6.36. The number of hydrogen-bond acceptors (Lipinski definition) is 7. The molecule has 0 aliphatic heterocycles. The van der Waals surface area contributed by atoms with Gasteiger partial charge in [0.2, 0.25) is 5.91 Å². The maximum absolute atomic E-state index is 12.3. The van der Waals surface area contributed by atoms with Gasteiger partial charge in [-0.2, -0.15) is 0 Å². The first-order valence-electron chi connectivity index (χ1n) is 9.12. The van der Waals surface area contributed by atoms with Gasteiger partial charge in [-0.1, -0.05) is 30.8 Å². The third-order valence-electron chi connectivity index (χ3n) is 4.44. The normalized spacial score (nSPS) is 10.9. The number of nitrogens with one attached hydrogen (secondary N) is 1. The van der Waals surface area contributed by atoms with E-state index in [1.165, 1.54) is 34.3 Å². The number of carbonyl (C=O) groups is 1. The quantitative estimate of drug-likeness (QED) is 0.319. The molecule has 0 aliphatic rings. The van der Waals surface area contributed by atoms with E-state index in [-0.39, 0.29) is 23.0 Å². The molecule has 10 heteroatoms. The molecule has 3 aromatic rings. The number of nitro benzene ring substituents is 1. The van der Waals surface area contributed by atoms with Gasteiger partial charge in [-0.05, 0) is 31.9 Å². The first-order chi connectivity index (χ1) is 14.0. The molecule has 152 valence electrons. The first kappa shape index (κ1) is 21.0. The zero-order valence-electron chi connectivity index (χ0n) is 16.3. The zero-order valence-corrected chi connectivity index (χ0v) is 18.0. The lowest BCUT2D eigenvalue weighted by atomic mass is 10.1. The van der Waals surface area contributed by atoms with Crippen molar-refractivity contribution in [3.8, 4) is 11.4 Å². The number of nitrogens with zero attached hydrogens (tertiary/aromatic N) is 4. The summed E-state index contributed by atoms with van der Waals surface area (Å²) in [6.45, 7) is 6.90. The summed E-state index contributed by atoms with van der Waals surface area (Å²) in [5.41, 5.74) is 2.40. The maximum atomic E-state index is 12.3. The van der Waals surface area contributed by atoms with Crippen molar-refractivity contribution >= 4 is 40.4 Å². The molecule has 0 bridgehead atoms. The summed E-state index contributed by atoms with van der Waals surface area (Å²) < 4.78 is 1.99. The lowest BCUT2D eigenvalue weighted by molar-refractivity contribution is -0.383. The smallest absolute Gasteiger partial charge is 0.292 e. The van der Waals surface area contributed by atoms with Crippen molar-refractivity contribution in [2.45, 2.75) is 38.9 Å². The number of benzene rings is 1. The highest BCUT2D eigenvalue weighted by molar-refractivity contribution is 7.99. The highest BCUT2D eigenvalue weighted by atomic mass is 32.2. The molecule has 1 aromatic carbocycles. The van der Waals surface area contributed by atoms with Crippen LogP contribution in [0.15, 0.2) is 34.8 Å². The van der Waals surface area contributed by atoms with Gasteiger partial charge >= 0.3 is 0 Å². The molecule has 0 atom stereocenters. The number of amides is 1. The number of nitro groups is 1. The number of para-hydroxylation sites is 2. The van der Waals surface area contributed by atoms with E-state index in [9.17, 15) is 14.9 Å². The van der Waals surface area contributed by atoms with Crippen LogP contribution < -0.4 is 5.32 Å². The standard InChI is InChI=1S/C19H21N5O3S2/c1-4-13-12(3)28-10-14(13)18-21-22-19(23(18)5-2)29-11-17(25)20-15-8-6-7-9-16(15)24(26)27/h6-10H,4-5,11H2,1-3H3,(H,20,25). The molecule has 29 heavy (non-hydrogen) atoms. The van der Waals surface area contributed by atoms with Gasteiger partial charge in [0.15, 0.2) is 11.0 Å². The Morgan fingerprint density at radius 3 is 2.76 bits per heavy atom. The van der Waals surface area contributed by atoms with Crippen LogP contribution in [0, 0.1) is 17.0 Å². The van der Waals surface area contributed by atoms with E-state index < -0.39 is 4.92 Å². The van der Waals surface area contributed by atoms with Crippen molar-refractivity contribution in [1.29, 1.82) is 0 Å². The number of thiophene rings is 1. The number of aromatic nitrogens is 3. The molecule has 0 saturated carbocycles. The van der Waals surface area contributed by atoms with Crippen LogP contribution >= 0.6 is 23.1 Å². The predicted molar refractivity (Wildman–Crippen MR) is 116 cm³/mol. The number of aryl methyl sites for hydroxylation is 1. The molecule has 0 spiro atoms. The highest BCUT2D eigenvalue weighted by Gasteiger charge is 2.19. The summed E-state index contributed by atoms with van der Waals surface area (Å²) in [5.74, 6) is 0.542. The van der Waals surface area contributed by atoms with Crippen LogP contribution in [-0.4, -0.2) is 31.3 Å². The Balaban J connectivity index is 1.74. The molecular formula is C19H21N5O3S2. The molecule has 0 saturated heterocycles. The Hall–Kier alpha value is -2.72. The summed E-state index contributed by atoms with van der Waals surface area (Å²) in [4.78, 5) is 24.2. The summed E-state index contributed by atoms with van der Waals surface area (Å²) in [6.07, 6.45) is 0.919. The van der Waals surface area contributed by atoms with Gasteiger partial charge in [0.1, 0.15) is 5.69 Å². The van der Waals surface area contributed by atoms with Crippen molar-refractivity contribution < 1.29 is 9.72 Å². The SMILES string of the molecule is CCc1c(-c2nnc(SCC(=O)Nc3ccccc3[N+](=O)[O-])n2CC)csc1C. The number of anilines is 1. The minimum absolute atomic E-state index is 0.0769. The first-order valence-corrected chi connectivity index (χ1v) is 11.0. The summed E-state index contributed by atoms with van der Waals surface area (Å²) >= 11 is 2.95. The van der Waals surface area contributed by atoms with Gasteiger partial charge in [0.05, 0.1) is 10.7 Å². The fraction of sp³-hybridized carbons (Fsp3) is 0.316. The van der Waals surface area contributed by atoms with E-state index in [2.05, 4.69) is 34.7 Å². The van der Waals surface area contributed by atoms with Crippen LogP contribution in [0.3, 0.4) is 0 Å².